The standard InChI is InChI=1S/C22H40O/c1-19(2,3)16(18(23)22(10,11)12)14-13-15-17(20(4,5)6)21(7,8)9/h13-16H,1-12H3/b14-13+. The van der Waals surface area contributed by atoms with E-state index in [1.165, 1.54) is 5.57 Å². The van der Waals surface area contributed by atoms with Gasteiger partial charge in [-0.3, -0.25) is 4.79 Å². The van der Waals surface area contributed by atoms with Crippen LogP contribution in [0, 0.1) is 27.6 Å². The van der Waals surface area contributed by atoms with Crippen molar-refractivity contribution in [3.05, 3.63) is 23.8 Å². The van der Waals surface area contributed by atoms with Crippen molar-refractivity contribution >= 4 is 5.78 Å². The van der Waals surface area contributed by atoms with Crippen molar-refractivity contribution in [2.45, 2.75) is 83.1 Å². The number of hydrogen-bond donors (Lipinski definition) is 0. The molecule has 0 aliphatic rings. The molecule has 1 atom stereocenters. The van der Waals surface area contributed by atoms with Gasteiger partial charge in [0.25, 0.3) is 0 Å². The summed E-state index contributed by atoms with van der Waals surface area (Å²) in [6, 6.07) is 0. The summed E-state index contributed by atoms with van der Waals surface area (Å²) in [7, 11) is 0. The van der Waals surface area contributed by atoms with Crippen molar-refractivity contribution in [2.75, 3.05) is 0 Å². The van der Waals surface area contributed by atoms with Crippen LogP contribution in [0.4, 0.5) is 0 Å². The molecule has 0 aromatic heterocycles. The molecule has 0 aliphatic carbocycles. The Bertz CT molecular complexity index is 446. The lowest BCUT2D eigenvalue weighted by molar-refractivity contribution is -0.131. The summed E-state index contributed by atoms with van der Waals surface area (Å²) in [5.41, 5.74) is 1.25. The number of carbonyl (C=O) groups excluding carboxylic acids is 1. The van der Waals surface area contributed by atoms with Crippen LogP contribution >= 0.6 is 0 Å². The number of ketones is 1. The molecule has 1 heteroatoms. The molecule has 0 aromatic carbocycles. The van der Waals surface area contributed by atoms with E-state index in [2.05, 4.69) is 80.5 Å². The average Bonchev–Trinajstić information content (AvgIpc) is 2.21. The van der Waals surface area contributed by atoms with E-state index in [-0.39, 0.29) is 27.6 Å². The minimum Gasteiger partial charge on any atom is -0.298 e. The van der Waals surface area contributed by atoms with Gasteiger partial charge >= 0.3 is 0 Å². The molecular formula is C22H40O. The topological polar surface area (TPSA) is 17.1 Å². The highest BCUT2D eigenvalue weighted by atomic mass is 16.1. The molecule has 0 heterocycles. The summed E-state index contributed by atoms with van der Waals surface area (Å²) in [6.07, 6.45) is 6.42. The molecule has 134 valence electrons. The smallest absolute Gasteiger partial charge is 0.145 e. The fourth-order valence-corrected chi connectivity index (χ4v) is 3.12. The van der Waals surface area contributed by atoms with Crippen LogP contribution in [-0.2, 0) is 4.79 Å². The van der Waals surface area contributed by atoms with Crippen molar-refractivity contribution in [2.24, 2.45) is 27.6 Å². The molecule has 1 unspecified atom stereocenters. The third-order valence-electron chi connectivity index (χ3n) is 4.14. The van der Waals surface area contributed by atoms with Crippen LogP contribution in [0.1, 0.15) is 83.1 Å². The van der Waals surface area contributed by atoms with E-state index in [1.54, 1.807) is 0 Å². The molecule has 0 saturated heterocycles. The van der Waals surface area contributed by atoms with Crippen LogP contribution in [0.15, 0.2) is 23.8 Å². The Labute approximate surface area is 145 Å². The Balaban J connectivity index is 5.73. The second kappa shape index (κ2) is 6.95. The van der Waals surface area contributed by atoms with Gasteiger partial charge in [0.1, 0.15) is 5.78 Å². The molecule has 0 aromatic rings. The normalized spacial score (nSPS) is 15.7. The van der Waals surface area contributed by atoms with Gasteiger partial charge in [-0.05, 0) is 16.2 Å². The predicted molar refractivity (Wildman–Crippen MR) is 104 cm³/mol. The number of rotatable bonds is 3. The highest BCUT2D eigenvalue weighted by Crippen LogP contribution is 2.39. The van der Waals surface area contributed by atoms with E-state index in [9.17, 15) is 4.79 Å². The van der Waals surface area contributed by atoms with Crippen LogP contribution < -0.4 is 0 Å². The number of Topliss-reactive ketones (excluding diaryl/α,β-unsaturated/α-hetero) is 1. The van der Waals surface area contributed by atoms with E-state index >= 15 is 0 Å². The van der Waals surface area contributed by atoms with Gasteiger partial charge in [0, 0.05) is 11.3 Å². The lowest BCUT2D eigenvalue weighted by Gasteiger charge is -2.34. The number of hydrogen-bond acceptors (Lipinski definition) is 1. The zero-order valence-electron chi connectivity index (χ0n) is 17.7. The van der Waals surface area contributed by atoms with Crippen LogP contribution in [0.25, 0.3) is 0 Å². The van der Waals surface area contributed by atoms with Crippen molar-refractivity contribution in [1.82, 2.24) is 0 Å². The molecule has 0 radical (unpaired) electrons. The van der Waals surface area contributed by atoms with E-state index in [4.69, 9.17) is 0 Å². The van der Waals surface area contributed by atoms with Crippen molar-refractivity contribution in [1.29, 1.82) is 0 Å². The van der Waals surface area contributed by atoms with Gasteiger partial charge in [-0.25, -0.2) is 0 Å². The van der Waals surface area contributed by atoms with Gasteiger partial charge in [0.15, 0.2) is 0 Å². The lowest BCUT2D eigenvalue weighted by atomic mass is 9.70. The molecule has 0 saturated carbocycles. The Morgan fingerprint density at radius 3 is 1.35 bits per heavy atom. The zero-order chi connectivity index (χ0) is 18.9. The third-order valence-corrected chi connectivity index (χ3v) is 4.14. The van der Waals surface area contributed by atoms with Crippen molar-refractivity contribution in [3.8, 4) is 0 Å². The minimum atomic E-state index is -0.317. The summed E-state index contributed by atoms with van der Waals surface area (Å²) < 4.78 is 0. The van der Waals surface area contributed by atoms with Crippen LogP contribution in [0.2, 0.25) is 0 Å². The number of carbonyl (C=O) groups is 1. The molecule has 0 rings (SSSR count). The summed E-state index contributed by atoms with van der Waals surface area (Å²) in [5.74, 6) is 0.239. The molecule has 23 heavy (non-hydrogen) atoms. The fourth-order valence-electron chi connectivity index (χ4n) is 3.12. The number of allylic oxidation sites excluding steroid dienone is 4. The quantitative estimate of drug-likeness (QED) is 0.520. The molecule has 1 nitrogen and oxygen atoms in total. The third kappa shape index (κ3) is 7.06. The SMILES string of the molecule is CC(C)(C)C(=O)C(/C=C/C=C(C(C)(C)C)C(C)(C)C)C(C)(C)C. The Kier molecular flexibility index (Phi) is 6.69. The van der Waals surface area contributed by atoms with E-state index in [0.29, 0.717) is 5.78 Å². The highest BCUT2D eigenvalue weighted by molar-refractivity contribution is 5.88. The van der Waals surface area contributed by atoms with E-state index in [1.807, 2.05) is 20.8 Å². The summed E-state index contributed by atoms with van der Waals surface area (Å²) in [6.45, 7) is 25.9. The largest absolute Gasteiger partial charge is 0.298 e. The zero-order valence-corrected chi connectivity index (χ0v) is 17.7. The predicted octanol–water partition coefficient (Wildman–Crippen LogP) is 6.84. The first kappa shape index (κ1) is 22.1. The van der Waals surface area contributed by atoms with Crippen LogP contribution in [0.3, 0.4) is 0 Å². The van der Waals surface area contributed by atoms with E-state index < -0.39 is 0 Å². The Morgan fingerprint density at radius 1 is 0.696 bits per heavy atom. The van der Waals surface area contributed by atoms with Gasteiger partial charge in [-0.15, -0.1) is 0 Å². The van der Waals surface area contributed by atoms with Gasteiger partial charge < -0.3 is 0 Å². The minimum absolute atomic E-state index is 0.0695. The maximum absolute atomic E-state index is 12.8. The van der Waals surface area contributed by atoms with Gasteiger partial charge in [-0.1, -0.05) is 107 Å². The van der Waals surface area contributed by atoms with Gasteiger partial charge in [0.2, 0.25) is 0 Å². The first-order chi connectivity index (χ1) is 9.88. The molecule has 0 bridgehead atoms. The van der Waals surface area contributed by atoms with Crippen LogP contribution in [-0.4, -0.2) is 5.78 Å². The van der Waals surface area contributed by atoms with Gasteiger partial charge in [0.05, 0.1) is 0 Å². The monoisotopic (exact) mass is 320 g/mol. The maximum atomic E-state index is 12.8. The van der Waals surface area contributed by atoms with E-state index in [0.717, 1.165) is 0 Å². The molecule has 0 spiro atoms. The van der Waals surface area contributed by atoms with Crippen LogP contribution in [0.5, 0.6) is 0 Å². The van der Waals surface area contributed by atoms with Crippen molar-refractivity contribution < 1.29 is 4.79 Å². The Morgan fingerprint density at radius 2 is 1.09 bits per heavy atom. The molecule has 0 amide bonds. The lowest BCUT2D eigenvalue weighted by Crippen LogP contribution is -2.35. The molecule has 0 N–H and O–H groups in total. The maximum Gasteiger partial charge on any atom is 0.145 e. The summed E-state index contributed by atoms with van der Waals surface area (Å²) in [5, 5.41) is 0. The van der Waals surface area contributed by atoms with Crippen molar-refractivity contribution in [3.63, 3.8) is 0 Å². The molecule has 0 fully saturated rings. The second-order valence-corrected chi connectivity index (χ2v) is 10.9. The first-order valence-corrected chi connectivity index (χ1v) is 8.82. The summed E-state index contributed by atoms with van der Waals surface area (Å²) >= 11 is 0. The fraction of sp³-hybridized carbons (Fsp3) is 0.773. The Hall–Kier alpha value is -0.850. The molecule has 0 aliphatic heterocycles. The highest BCUT2D eigenvalue weighted by Gasteiger charge is 2.35. The second-order valence-electron chi connectivity index (χ2n) is 10.9. The van der Waals surface area contributed by atoms with Gasteiger partial charge in [-0.2, -0.15) is 0 Å². The average molecular weight is 321 g/mol. The summed E-state index contributed by atoms with van der Waals surface area (Å²) in [4.78, 5) is 12.8. The first-order valence-electron chi connectivity index (χ1n) is 8.82. The molecular weight excluding hydrogens is 280 g/mol.